The van der Waals surface area contributed by atoms with E-state index in [9.17, 15) is 4.79 Å². The van der Waals surface area contributed by atoms with Gasteiger partial charge in [0.2, 0.25) is 0 Å². The molecule has 0 amide bonds. The molecule has 6 heteroatoms. The van der Waals surface area contributed by atoms with Crippen molar-refractivity contribution in [3.8, 4) is 0 Å². The monoisotopic (exact) mass is 292 g/mol. The summed E-state index contributed by atoms with van der Waals surface area (Å²) < 4.78 is 21.3. The van der Waals surface area contributed by atoms with Gasteiger partial charge in [-0.1, -0.05) is 6.92 Å². The molecule has 3 atom stereocenters. The first kappa shape index (κ1) is 19.3. The van der Waals surface area contributed by atoms with Crippen LogP contribution in [0.1, 0.15) is 27.2 Å². The maximum Gasteiger partial charge on any atom is 0.305 e. The highest BCUT2D eigenvalue weighted by Crippen LogP contribution is 2.18. The summed E-state index contributed by atoms with van der Waals surface area (Å²) >= 11 is 0. The third-order valence-electron chi connectivity index (χ3n) is 3.13. The van der Waals surface area contributed by atoms with Crippen LogP contribution in [-0.2, 0) is 23.7 Å². The van der Waals surface area contributed by atoms with E-state index in [0.29, 0.717) is 33.0 Å². The van der Waals surface area contributed by atoms with Crippen molar-refractivity contribution in [2.45, 2.75) is 39.4 Å². The van der Waals surface area contributed by atoms with E-state index in [-0.39, 0.29) is 24.5 Å². The van der Waals surface area contributed by atoms with Crippen LogP contribution in [0.3, 0.4) is 0 Å². The maximum atomic E-state index is 10.9. The van der Waals surface area contributed by atoms with E-state index in [4.69, 9.17) is 24.1 Å². The molecule has 3 unspecified atom stereocenters. The Morgan fingerprint density at radius 3 is 2.30 bits per heavy atom. The van der Waals surface area contributed by atoms with Crippen LogP contribution in [0.25, 0.3) is 0 Å². The Hall–Kier alpha value is -0.690. The fraction of sp³-hybridized carbons (Fsp3) is 0.929. The lowest BCUT2D eigenvalue weighted by molar-refractivity contribution is -0.143. The molecule has 0 aliphatic rings. The topological polar surface area (TPSA) is 74.2 Å². The Labute approximate surface area is 121 Å². The summed E-state index contributed by atoms with van der Waals surface area (Å²) in [5.41, 5.74) is 0. The van der Waals surface area contributed by atoms with Gasteiger partial charge in [-0.15, -0.1) is 0 Å². The molecule has 0 saturated carbocycles. The molecule has 0 aromatic heterocycles. The van der Waals surface area contributed by atoms with Crippen LogP contribution in [-0.4, -0.2) is 63.4 Å². The van der Waals surface area contributed by atoms with Gasteiger partial charge in [0.05, 0.1) is 45.1 Å². The molecule has 0 fully saturated rings. The Morgan fingerprint density at radius 2 is 1.75 bits per heavy atom. The molecule has 0 saturated heterocycles. The molecule has 0 heterocycles. The minimum Gasteiger partial charge on any atom is -0.481 e. The highest BCUT2D eigenvalue weighted by molar-refractivity contribution is 5.67. The number of ether oxygens (including phenoxy) is 4. The zero-order valence-electron chi connectivity index (χ0n) is 13.0. The lowest BCUT2D eigenvalue weighted by atomic mass is 9.96. The zero-order chi connectivity index (χ0) is 15.4. The van der Waals surface area contributed by atoms with Gasteiger partial charge in [-0.05, 0) is 13.8 Å². The molecule has 1 N–H and O–H groups in total. The van der Waals surface area contributed by atoms with E-state index < -0.39 is 5.97 Å². The fourth-order valence-corrected chi connectivity index (χ4v) is 1.74. The number of carboxylic acid groups (broad SMARTS) is 1. The molecular formula is C14H28O6. The summed E-state index contributed by atoms with van der Waals surface area (Å²) in [5.74, 6) is -0.896. The molecule has 20 heavy (non-hydrogen) atoms. The molecule has 0 aliphatic carbocycles. The SMILES string of the molecule is CCOCCOC(CC(=O)O)C(C)C(C)OCCOC. The normalized spacial score (nSPS) is 15.8. The summed E-state index contributed by atoms with van der Waals surface area (Å²) in [6, 6.07) is 0. The van der Waals surface area contributed by atoms with Crippen LogP contribution in [0.2, 0.25) is 0 Å². The largest absolute Gasteiger partial charge is 0.481 e. The number of hydrogen-bond donors (Lipinski definition) is 1. The van der Waals surface area contributed by atoms with Crippen molar-refractivity contribution in [3.05, 3.63) is 0 Å². The van der Waals surface area contributed by atoms with Crippen molar-refractivity contribution >= 4 is 5.97 Å². The second kappa shape index (κ2) is 12.1. The van der Waals surface area contributed by atoms with Gasteiger partial charge in [-0.3, -0.25) is 4.79 Å². The first-order valence-corrected chi connectivity index (χ1v) is 7.04. The van der Waals surface area contributed by atoms with Gasteiger partial charge in [-0.25, -0.2) is 0 Å². The predicted octanol–water partition coefficient (Wildman–Crippen LogP) is 1.57. The molecule has 0 aromatic rings. The van der Waals surface area contributed by atoms with Crippen molar-refractivity contribution in [1.82, 2.24) is 0 Å². The van der Waals surface area contributed by atoms with E-state index in [0.717, 1.165) is 0 Å². The highest BCUT2D eigenvalue weighted by Gasteiger charge is 2.26. The van der Waals surface area contributed by atoms with Gasteiger partial charge in [0.25, 0.3) is 0 Å². The maximum absolute atomic E-state index is 10.9. The number of rotatable bonds is 13. The molecule has 0 radical (unpaired) electrons. The van der Waals surface area contributed by atoms with Gasteiger partial charge < -0.3 is 24.1 Å². The first-order valence-electron chi connectivity index (χ1n) is 7.04. The van der Waals surface area contributed by atoms with Crippen molar-refractivity contribution in [2.24, 2.45) is 5.92 Å². The average molecular weight is 292 g/mol. The lowest BCUT2D eigenvalue weighted by Crippen LogP contribution is -2.35. The second-order valence-electron chi connectivity index (χ2n) is 4.63. The highest BCUT2D eigenvalue weighted by atomic mass is 16.5. The summed E-state index contributed by atoms with van der Waals surface area (Å²) in [6.07, 6.45) is -0.516. The van der Waals surface area contributed by atoms with Crippen LogP contribution in [0, 0.1) is 5.92 Å². The van der Waals surface area contributed by atoms with Crippen LogP contribution >= 0.6 is 0 Å². The van der Waals surface area contributed by atoms with Gasteiger partial charge in [0, 0.05) is 19.6 Å². The summed E-state index contributed by atoms with van der Waals surface area (Å²) in [5, 5.41) is 8.96. The quantitative estimate of drug-likeness (QED) is 0.519. The van der Waals surface area contributed by atoms with Gasteiger partial charge >= 0.3 is 5.97 Å². The minimum atomic E-state index is -0.873. The Bertz CT molecular complexity index is 246. The van der Waals surface area contributed by atoms with Gasteiger partial charge in [0.1, 0.15) is 0 Å². The smallest absolute Gasteiger partial charge is 0.305 e. The van der Waals surface area contributed by atoms with E-state index in [1.165, 1.54) is 0 Å². The van der Waals surface area contributed by atoms with Gasteiger partial charge in [0.15, 0.2) is 0 Å². The van der Waals surface area contributed by atoms with Crippen LogP contribution in [0.5, 0.6) is 0 Å². The van der Waals surface area contributed by atoms with Crippen LogP contribution in [0.15, 0.2) is 0 Å². The van der Waals surface area contributed by atoms with E-state index in [2.05, 4.69) is 0 Å². The lowest BCUT2D eigenvalue weighted by Gasteiger charge is -2.28. The third-order valence-corrected chi connectivity index (χ3v) is 3.13. The zero-order valence-corrected chi connectivity index (χ0v) is 13.0. The van der Waals surface area contributed by atoms with Crippen molar-refractivity contribution in [3.63, 3.8) is 0 Å². The predicted molar refractivity (Wildman–Crippen MR) is 74.9 cm³/mol. The Balaban J connectivity index is 4.23. The fourth-order valence-electron chi connectivity index (χ4n) is 1.74. The molecule has 0 rings (SSSR count). The van der Waals surface area contributed by atoms with E-state index in [1.54, 1.807) is 7.11 Å². The first-order chi connectivity index (χ1) is 9.52. The van der Waals surface area contributed by atoms with Crippen molar-refractivity contribution < 1.29 is 28.8 Å². The number of carbonyl (C=O) groups is 1. The van der Waals surface area contributed by atoms with Crippen molar-refractivity contribution in [2.75, 3.05) is 40.1 Å². The number of carboxylic acids is 1. The molecule has 0 aromatic carbocycles. The van der Waals surface area contributed by atoms with Crippen molar-refractivity contribution in [1.29, 1.82) is 0 Å². The minimum absolute atomic E-state index is 0.0235. The third kappa shape index (κ3) is 9.25. The molecular weight excluding hydrogens is 264 g/mol. The van der Waals surface area contributed by atoms with E-state index in [1.807, 2.05) is 20.8 Å². The van der Waals surface area contributed by atoms with Gasteiger partial charge in [-0.2, -0.15) is 0 Å². The summed E-state index contributed by atoms with van der Waals surface area (Å²) in [7, 11) is 1.61. The number of hydrogen-bond acceptors (Lipinski definition) is 5. The summed E-state index contributed by atoms with van der Waals surface area (Å²) in [4.78, 5) is 10.9. The molecule has 0 aliphatic heterocycles. The van der Waals surface area contributed by atoms with E-state index >= 15 is 0 Å². The Morgan fingerprint density at radius 1 is 1.10 bits per heavy atom. The van der Waals surface area contributed by atoms with Crippen LogP contribution in [0.4, 0.5) is 0 Å². The second-order valence-corrected chi connectivity index (χ2v) is 4.63. The Kier molecular flexibility index (Phi) is 11.7. The number of methoxy groups -OCH3 is 1. The van der Waals surface area contributed by atoms with Crippen LogP contribution < -0.4 is 0 Å². The standard InChI is InChI=1S/C14H28O6/c1-5-18-7-9-20-13(10-14(15)16)11(2)12(3)19-8-6-17-4/h11-13H,5-10H2,1-4H3,(H,15,16). The number of aliphatic carboxylic acids is 1. The molecule has 6 nitrogen and oxygen atoms in total. The molecule has 120 valence electrons. The molecule has 0 spiro atoms. The summed E-state index contributed by atoms with van der Waals surface area (Å²) in [6.45, 7) is 8.25. The molecule has 0 bridgehead atoms. The average Bonchev–Trinajstić information content (AvgIpc) is 2.41.